The van der Waals surface area contributed by atoms with Crippen LogP contribution in [0.2, 0.25) is 0 Å². The first-order chi connectivity index (χ1) is 14.5. The van der Waals surface area contributed by atoms with Crippen molar-refractivity contribution in [3.63, 3.8) is 0 Å². The number of rotatable bonds is 5. The molecule has 0 saturated heterocycles. The lowest BCUT2D eigenvalue weighted by atomic mass is 10.2. The monoisotopic (exact) mass is 416 g/mol. The van der Waals surface area contributed by atoms with Gasteiger partial charge in [-0.2, -0.15) is 0 Å². The first-order valence-corrected chi connectivity index (χ1v) is 10.3. The fraction of sp³-hybridized carbons (Fsp3) is 0.0870. The molecular weight excluding hydrogens is 396 g/mol. The van der Waals surface area contributed by atoms with Crippen molar-refractivity contribution in [2.24, 2.45) is 0 Å². The van der Waals surface area contributed by atoms with Gasteiger partial charge >= 0.3 is 0 Å². The first-order valence-electron chi connectivity index (χ1n) is 9.39. The van der Waals surface area contributed by atoms with Crippen LogP contribution in [0.5, 0.6) is 0 Å². The average molecular weight is 417 g/mol. The van der Waals surface area contributed by atoms with Crippen LogP contribution in [-0.2, 0) is 0 Å². The molecule has 2 aromatic carbocycles. The maximum absolute atomic E-state index is 12.9. The molecule has 4 aromatic rings. The third-order valence-electron chi connectivity index (χ3n) is 4.70. The van der Waals surface area contributed by atoms with Gasteiger partial charge in [0.1, 0.15) is 0 Å². The Morgan fingerprint density at radius 3 is 2.27 bits per heavy atom. The zero-order valence-electron chi connectivity index (χ0n) is 16.5. The minimum absolute atomic E-state index is 0.203. The molecule has 2 heterocycles. The van der Waals surface area contributed by atoms with Crippen molar-refractivity contribution < 1.29 is 9.59 Å². The molecule has 2 N–H and O–H groups in total. The van der Waals surface area contributed by atoms with Crippen molar-refractivity contribution in [1.29, 1.82) is 0 Å². The van der Waals surface area contributed by atoms with Crippen molar-refractivity contribution in [3.05, 3.63) is 94.8 Å². The van der Waals surface area contributed by atoms with Gasteiger partial charge in [-0.25, -0.2) is 4.98 Å². The predicted molar refractivity (Wildman–Crippen MR) is 120 cm³/mol. The second kappa shape index (κ2) is 8.34. The van der Waals surface area contributed by atoms with Crippen LogP contribution < -0.4 is 10.6 Å². The molecule has 6 nitrogen and oxygen atoms in total. The lowest BCUT2D eigenvalue weighted by Crippen LogP contribution is -2.14. The summed E-state index contributed by atoms with van der Waals surface area (Å²) in [5, 5.41) is 8.51. The lowest BCUT2D eigenvalue weighted by molar-refractivity contribution is 0.101. The Bertz CT molecular complexity index is 1200. The molecule has 0 atom stereocenters. The number of thiazole rings is 1. The molecule has 0 aliphatic rings. The minimum atomic E-state index is -0.211. The second-order valence-corrected chi connectivity index (χ2v) is 7.66. The number of anilines is 2. The molecule has 30 heavy (non-hydrogen) atoms. The largest absolute Gasteiger partial charge is 0.322 e. The number of aryl methyl sites for hydroxylation is 1. The number of carbonyl (C=O) groups excluding carboxylic acids is 2. The van der Waals surface area contributed by atoms with Crippen LogP contribution >= 0.6 is 11.3 Å². The van der Waals surface area contributed by atoms with Crippen LogP contribution in [-0.4, -0.2) is 21.4 Å². The molecule has 7 heteroatoms. The van der Waals surface area contributed by atoms with Crippen LogP contribution in [0.3, 0.4) is 0 Å². The predicted octanol–water partition coefficient (Wildman–Crippen LogP) is 5.06. The fourth-order valence-electron chi connectivity index (χ4n) is 3.28. The molecule has 4 rings (SSSR count). The van der Waals surface area contributed by atoms with Gasteiger partial charge in [0.25, 0.3) is 11.8 Å². The second-order valence-electron chi connectivity index (χ2n) is 6.79. The summed E-state index contributed by atoms with van der Waals surface area (Å²) in [6.45, 7) is 3.85. The van der Waals surface area contributed by atoms with E-state index in [-0.39, 0.29) is 11.8 Å². The van der Waals surface area contributed by atoms with Gasteiger partial charge in [-0.1, -0.05) is 24.3 Å². The number of nitrogens with one attached hydrogen (secondary N) is 2. The van der Waals surface area contributed by atoms with Crippen molar-refractivity contribution in [1.82, 2.24) is 9.55 Å². The third kappa shape index (κ3) is 4.01. The maximum Gasteiger partial charge on any atom is 0.257 e. The molecule has 0 aliphatic heterocycles. The fourth-order valence-corrected chi connectivity index (χ4v) is 4.03. The maximum atomic E-state index is 12.9. The Kier molecular flexibility index (Phi) is 5.45. The highest BCUT2D eigenvalue weighted by atomic mass is 32.1. The van der Waals surface area contributed by atoms with E-state index in [4.69, 9.17) is 0 Å². The summed E-state index contributed by atoms with van der Waals surface area (Å²) in [7, 11) is 0. The summed E-state index contributed by atoms with van der Waals surface area (Å²) in [5.74, 6) is -0.413. The quantitative estimate of drug-likeness (QED) is 0.478. The molecule has 0 aliphatic carbocycles. The van der Waals surface area contributed by atoms with Gasteiger partial charge < -0.3 is 10.6 Å². The van der Waals surface area contributed by atoms with E-state index in [1.54, 1.807) is 42.6 Å². The summed E-state index contributed by atoms with van der Waals surface area (Å²) in [5.41, 5.74) is 4.13. The molecule has 0 fully saturated rings. The summed E-state index contributed by atoms with van der Waals surface area (Å²) >= 11 is 1.52. The van der Waals surface area contributed by atoms with Crippen LogP contribution in [0.25, 0.3) is 5.13 Å². The highest BCUT2D eigenvalue weighted by Crippen LogP contribution is 2.24. The molecular formula is C23H20N4O2S. The Morgan fingerprint density at radius 2 is 1.60 bits per heavy atom. The number of hydrogen-bond donors (Lipinski definition) is 2. The van der Waals surface area contributed by atoms with Gasteiger partial charge in [-0.15, -0.1) is 11.3 Å². The number of benzene rings is 2. The number of amides is 2. The summed E-state index contributed by atoms with van der Waals surface area (Å²) < 4.78 is 1.97. The third-order valence-corrected chi connectivity index (χ3v) is 5.46. The van der Waals surface area contributed by atoms with E-state index in [2.05, 4.69) is 15.6 Å². The number of carbonyl (C=O) groups is 2. The standard InChI is InChI=1S/C23H20N4O2S/c1-15-13-20(16(2)27(15)23-24-11-12-30-23)22(29)26-19-10-6-9-18(14-19)25-21(28)17-7-4-3-5-8-17/h3-14H,1-2H3,(H,25,28)(H,26,29). The number of hydrogen-bond acceptors (Lipinski definition) is 4. The van der Waals surface area contributed by atoms with E-state index in [0.29, 0.717) is 22.5 Å². The first kappa shape index (κ1) is 19.6. The van der Waals surface area contributed by atoms with Crippen LogP contribution in [0.4, 0.5) is 11.4 Å². The Hall–Kier alpha value is -3.71. The van der Waals surface area contributed by atoms with Gasteiger partial charge in [-0.05, 0) is 50.2 Å². The molecule has 0 radical (unpaired) electrons. The van der Waals surface area contributed by atoms with Gasteiger partial charge in [0, 0.05) is 39.9 Å². The Balaban J connectivity index is 1.51. The topological polar surface area (TPSA) is 76.0 Å². The van der Waals surface area contributed by atoms with Crippen LogP contribution in [0.15, 0.2) is 72.2 Å². The highest BCUT2D eigenvalue weighted by molar-refractivity contribution is 7.12. The molecule has 0 bridgehead atoms. The molecule has 0 saturated carbocycles. The summed E-state index contributed by atoms with van der Waals surface area (Å²) in [4.78, 5) is 29.6. The van der Waals surface area contributed by atoms with E-state index in [9.17, 15) is 9.59 Å². The average Bonchev–Trinajstić information content (AvgIpc) is 3.36. The summed E-state index contributed by atoms with van der Waals surface area (Å²) in [6.07, 6.45) is 1.74. The van der Waals surface area contributed by atoms with E-state index in [0.717, 1.165) is 16.5 Å². The van der Waals surface area contributed by atoms with Gasteiger partial charge in [0.15, 0.2) is 5.13 Å². The molecule has 2 aromatic heterocycles. The van der Waals surface area contributed by atoms with Crippen molar-refractivity contribution in [3.8, 4) is 5.13 Å². The molecule has 0 spiro atoms. The normalized spacial score (nSPS) is 10.6. The molecule has 150 valence electrons. The minimum Gasteiger partial charge on any atom is -0.322 e. The van der Waals surface area contributed by atoms with Crippen molar-refractivity contribution in [2.75, 3.05) is 10.6 Å². The number of nitrogens with zero attached hydrogens (tertiary/aromatic N) is 2. The van der Waals surface area contributed by atoms with E-state index in [1.165, 1.54) is 11.3 Å². The Labute approximate surface area is 178 Å². The van der Waals surface area contributed by atoms with Crippen molar-refractivity contribution >= 4 is 34.5 Å². The van der Waals surface area contributed by atoms with E-state index in [1.807, 2.05) is 48.1 Å². The van der Waals surface area contributed by atoms with Gasteiger partial charge in [0.05, 0.1) is 5.56 Å². The van der Waals surface area contributed by atoms with Crippen molar-refractivity contribution in [2.45, 2.75) is 13.8 Å². The van der Waals surface area contributed by atoms with Gasteiger partial charge in [0.2, 0.25) is 0 Å². The highest BCUT2D eigenvalue weighted by Gasteiger charge is 2.18. The zero-order valence-corrected chi connectivity index (χ0v) is 17.4. The smallest absolute Gasteiger partial charge is 0.257 e. The number of aromatic nitrogens is 2. The molecule has 0 unspecified atom stereocenters. The van der Waals surface area contributed by atoms with Gasteiger partial charge in [-0.3, -0.25) is 14.2 Å². The Morgan fingerprint density at radius 1 is 0.900 bits per heavy atom. The SMILES string of the molecule is Cc1cc(C(=O)Nc2cccc(NC(=O)c3ccccc3)c2)c(C)n1-c1nccs1. The molecule has 2 amide bonds. The van der Waals surface area contributed by atoms with E-state index >= 15 is 0 Å². The summed E-state index contributed by atoms with van der Waals surface area (Å²) in [6, 6.07) is 17.9. The van der Waals surface area contributed by atoms with Crippen LogP contribution in [0.1, 0.15) is 32.1 Å². The van der Waals surface area contributed by atoms with E-state index < -0.39 is 0 Å². The van der Waals surface area contributed by atoms with Crippen LogP contribution in [0, 0.1) is 13.8 Å². The zero-order chi connectivity index (χ0) is 21.1. The lowest BCUT2D eigenvalue weighted by Gasteiger charge is -2.09.